The SMILES string of the molecule is O=C(O)NC(c1ccccn1)C(O)c1ccccn1. The van der Waals surface area contributed by atoms with E-state index in [1.807, 2.05) is 0 Å². The Hall–Kier alpha value is -2.47. The lowest BCUT2D eigenvalue weighted by molar-refractivity contribution is 0.115. The van der Waals surface area contributed by atoms with Crippen LogP contribution in [-0.2, 0) is 0 Å². The van der Waals surface area contributed by atoms with Crippen molar-refractivity contribution in [1.82, 2.24) is 15.3 Å². The number of aliphatic hydroxyl groups is 1. The van der Waals surface area contributed by atoms with E-state index < -0.39 is 18.2 Å². The van der Waals surface area contributed by atoms with Gasteiger partial charge in [-0.05, 0) is 24.3 Å². The Bertz CT molecular complexity index is 533. The highest BCUT2D eigenvalue weighted by Crippen LogP contribution is 2.25. The highest BCUT2D eigenvalue weighted by molar-refractivity contribution is 5.65. The number of hydrogen-bond acceptors (Lipinski definition) is 4. The van der Waals surface area contributed by atoms with Gasteiger partial charge in [-0.3, -0.25) is 9.97 Å². The molecule has 2 rings (SSSR count). The summed E-state index contributed by atoms with van der Waals surface area (Å²) in [7, 11) is 0. The van der Waals surface area contributed by atoms with Crippen LogP contribution in [0.5, 0.6) is 0 Å². The van der Waals surface area contributed by atoms with E-state index in [0.717, 1.165) is 0 Å². The number of rotatable bonds is 4. The highest BCUT2D eigenvalue weighted by atomic mass is 16.4. The molecule has 98 valence electrons. The van der Waals surface area contributed by atoms with Crippen LogP contribution in [-0.4, -0.2) is 26.3 Å². The van der Waals surface area contributed by atoms with Gasteiger partial charge in [-0.25, -0.2) is 4.79 Å². The van der Waals surface area contributed by atoms with Crippen LogP contribution >= 0.6 is 0 Å². The maximum atomic E-state index is 10.8. The average Bonchev–Trinajstić information content (AvgIpc) is 2.46. The zero-order valence-corrected chi connectivity index (χ0v) is 9.97. The first-order chi connectivity index (χ1) is 9.18. The van der Waals surface area contributed by atoms with Gasteiger partial charge >= 0.3 is 6.09 Å². The van der Waals surface area contributed by atoms with Crippen LogP contribution < -0.4 is 5.32 Å². The van der Waals surface area contributed by atoms with Gasteiger partial charge in [0.25, 0.3) is 0 Å². The molecular weight excluding hydrogens is 246 g/mol. The van der Waals surface area contributed by atoms with Crippen molar-refractivity contribution >= 4 is 6.09 Å². The second-order valence-electron chi connectivity index (χ2n) is 3.88. The third-order valence-electron chi connectivity index (χ3n) is 2.59. The smallest absolute Gasteiger partial charge is 0.405 e. The Morgan fingerprint density at radius 1 is 1.05 bits per heavy atom. The predicted octanol–water partition coefficient (Wildman–Crippen LogP) is 1.52. The molecule has 0 aliphatic carbocycles. The van der Waals surface area contributed by atoms with Gasteiger partial charge < -0.3 is 15.5 Å². The van der Waals surface area contributed by atoms with Gasteiger partial charge in [0.2, 0.25) is 0 Å². The van der Waals surface area contributed by atoms with E-state index in [2.05, 4.69) is 15.3 Å². The number of nitrogens with zero attached hydrogens (tertiary/aromatic N) is 2. The highest BCUT2D eigenvalue weighted by Gasteiger charge is 2.26. The van der Waals surface area contributed by atoms with Crippen molar-refractivity contribution in [2.24, 2.45) is 0 Å². The van der Waals surface area contributed by atoms with Gasteiger partial charge in [-0.1, -0.05) is 12.1 Å². The van der Waals surface area contributed by atoms with Gasteiger partial charge in [0.05, 0.1) is 11.4 Å². The van der Waals surface area contributed by atoms with Gasteiger partial charge in [0.15, 0.2) is 0 Å². The van der Waals surface area contributed by atoms with Gasteiger partial charge in [0, 0.05) is 12.4 Å². The fraction of sp³-hybridized carbons (Fsp3) is 0.154. The molecule has 0 bridgehead atoms. The predicted molar refractivity (Wildman–Crippen MR) is 67.3 cm³/mol. The van der Waals surface area contributed by atoms with Crippen molar-refractivity contribution in [2.45, 2.75) is 12.1 Å². The van der Waals surface area contributed by atoms with Crippen LogP contribution in [0.25, 0.3) is 0 Å². The Labute approximate surface area is 109 Å². The number of carbonyl (C=O) groups is 1. The first-order valence-corrected chi connectivity index (χ1v) is 5.68. The molecule has 0 fully saturated rings. The third-order valence-corrected chi connectivity index (χ3v) is 2.59. The Morgan fingerprint density at radius 3 is 2.11 bits per heavy atom. The number of amides is 1. The van der Waals surface area contributed by atoms with Crippen LogP contribution in [0.1, 0.15) is 23.5 Å². The fourth-order valence-corrected chi connectivity index (χ4v) is 1.73. The Kier molecular flexibility index (Phi) is 4.04. The number of pyridine rings is 2. The summed E-state index contributed by atoms with van der Waals surface area (Å²) in [6, 6.07) is 9.29. The summed E-state index contributed by atoms with van der Waals surface area (Å²) < 4.78 is 0. The van der Waals surface area contributed by atoms with Crippen molar-refractivity contribution in [1.29, 1.82) is 0 Å². The Balaban J connectivity index is 2.30. The lowest BCUT2D eigenvalue weighted by atomic mass is 10.0. The van der Waals surface area contributed by atoms with Crippen molar-refractivity contribution in [3.8, 4) is 0 Å². The minimum absolute atomic E-state index is 0.381. The molecule has 2 aromatic heterocycles. The molecule has 0 aromatic carbocycles. The van der Waals surface area contributed by atoms with Gasteiger partial charge in [-0.2, -0.15) is 0 Å². The number of carboxylic acid groups (broad SMARTS) is 1. The molecule has 0 radical (unpaired) electrons. The number of hydrogen-bond donors (Lipinski definition) is 3. The maximum absolute atomic E-state index is 10.8. The van der Waals surface area contributed by atoms with Crippen molar-refractivity contribution in [2.75, 3.05) is 0 Å². The molecule has 6 nitrogen and oxygen atoms in total. The first-order valence-electron chi connectivity index (χ1n) is 5.68. The molecule has 2 atom stereocenters. The molecule has 1 amide bonds. The van der Waals surface area contributed by atoms with E-state index in [-0.39, 0.29) is 0 Å². The Morgan fingerprint density at radius 2 is 1.63 bits per heavy atom. The zero-order valence-electron chi connectivity index (χ0n) is 9.97. The second kappa shape index (κ2) is 5.92. The molecule has 6 heteroatoms. The topological polar surface area (TPSA) is 95.3 Å². The monoisotopic (exact) mass is 259 g/mol. The van der Waals surface area contributed by atoms with Gasteiger partial charge in [-0.15, -0.1) is 0 Å². The van der Waals surface area contributed by atoms with E-state index in [4.69, 9.17) is 5.11 Å². The summed E-state index contributed by atoms with van der Waals surface area (Å²) in [4.78, 5) is 18.9. The van der Waals surface area contributed by atoms with E-state index in [1.165, 1.54) is 12.4 Å². The van der Waals surface area contributed by atoms with Gasteiger partial charge in [0.1, 0.15) is 12.1 Å². The minimum Gasteiger partial charge on any atom is -0.465 e. The summed E-state index contributed by atoms with van der Waals surface area (Å²) in [6.07, 6.45) is 0.740. The molecule has 2 heterocycles. The molecular formula is C13H13N3O3. The molecule has 0 spiro atoms. The van der Waals surface area contributed by atoms with Crippen LogP contribution in [0, 0.1) is 0 Å². The van der Waals surface area contributed by atoms with Crippen LogP contribution in [0.3, 0.4) is 0 Å². The second-order valence-corrected chi connectivity index (χ2v) is 3.88. The van der Waals surface area contributed by atoms with Crippen molar-refractivity contribution in [3.05, 3.63) is 60.2 Å². The minimum atomic E-state index is -1.23. The molecule has 0 aliphatic heterocycles. The third kappa shape index (κ3) is 3.26. The lowest BCUT2D eigenvalue weighted by Gasteiger charge is -2.21. The summed E-state index contributed by atoms with van der Waals surface area (Å²) >= 11 is 0. The summed E-state index contributed by atoms with van der Waals surface area (Å²) in [6.45, 7) is 0. The van der Waals surface area contributed by atoms with E-state index in [1.54, 1.807) is 36.4 Å². The summed E-state index contributed by atoms with van der Waals surface area (Å²) in [5.41, 5.74) is 0.815. The quantitative estimate of drug-likeness (QED) is 0.773. The molecule has 2 aromatic rings. The summed E-state index contributed by atoms with van der Waals surface area (Å²) in [5, 5.41) is 21.4. The zero-order chi connectivity index (χ0) is 13.7. The standard InChI is InChI=1S/C13H13N3O3/c17-12(10-6-2-4-8-15-10)11(16-13(18)19)9-5-1-3-7-14-9/h1-8,11-12,16-17H,(H,18,19). The first kappa shape index (κ1) is 13.0. The van der Waals surface area contributed by atoms with Crippen LogP contribution in [0.4, 0.5) is 4.79 Å². The molecule has 3 N–H and O–H groups in total. The van der Waals surface area contributed by atoms with Crippen LogP contribution in [0.15, 0.2) is 48.8 Å². The van der Waals surface area contributed by atoms with Crippen molar-refractivity contribution in [3.63, 3.8) is 0 Å². The molecule has 0 aliphatic rings. The lowest BCUT2D eigenvalue weighted by Crippen LogP contribution is -2.32. The molecule has 0 saturated heterocycles. The maximum Gasteiger partial charge on any atom is 0.405 e. The van der Waals surface area contributed by atoms with Crippen LogP contribution in [0.2, 0.25) is 0 Å². The van der Waals surface area contributed by atoms with E-state index >= 15 is 0 Å². The molecule has 0 saturated carbocycles. The fourth-order valence-electron chi connectivity index (χ4n) is 1.73. The average molecular weight is 259 g/mol. The number of aliphatic hydroxyl groups excluding tert-OH is 1. The summed E-state index contributed by atoms with van der Waals surface area (Å²) in [5.74, 6) is 0. The van der Waals surface area contributed by atoms with E-state index in [9.17, 15) is 9.90 Å². The van der Waals surface area contributed by atoms with Crippen molar-refractivity contribution < 1.29 is 15.0 Å². The number of nitrogens with one attached hydrogen (secondary N) is 1. The number of aromatic nitrogens is 2. The molecule has 19 heavy (non-hydrogen) atoms. The largest absolute Gasteiger partial charge is 0.465 e. The van der Waals surface area contributed by atoms with E-state index in [0.29, 0.717) is 11.4 Å². The normalized spacial score (nSPS) is 13.5. The molecule has 2 unspecified atom stereocenters.